The number of amides is 2. The summed E-state index contributed by atoms with van der Waals surface area (Å²) < 4.78 is 0. The number of carbonyl (C=O) groups is 2. The Balaban J connectivity index is 2.24. The Morgan fingerprint density at radius 1 is 1.06 bits per heavy atom. The van der Waals surface area contributed by atoms with Crippen LogP contribution in [0.1, 0.15) is 50.8 Å². The molecule has 0 aliphatic heterocycles. The average molecular weight is 496 g/mol. The van der Waals surface area contributed by atoms with E-state index < -0.39 is 11.6 Å². The molecular formula is C25H32Cl2N2O2S. The fraction of sp³-hybridized carbons (Fsp3) is 0.440. The van der Waals surface area contributed by atoms with Gasteiger partial charge in [-0.2, -0.15) is 0 Å². The van der Waals surface area contributed by atoms with Gasteiger partial charge < -0.3 is 10.2 Å². The number of nitrogens with one attached hydrogen (secondary N) is 1. The Labute approximate surface area is 206 Å². The number of hydrogen-bond acceptors (Lipinski definition) is 3. The lowest BCUT2D eigenvalue weighted by molar-refractivity contribution is -0.140. The van der Waals surface area contributed by atoms with E-state index in [1.54, 1.807) is 23.1 Å². The van der Waals surface area contributed by atoms with E-state index in [4.69, 9.17) is 23.2 Å². The molecular weight excluding hydrogens is 463 g/mol. The first kappa shape index (κ1) is 26.6. The minimum Gasteiger partial charge on any atom is -0.350 e. The average Bonchev–Trinajstić information content (AvgIpc) is 2.70. The molecule has 2 amide bonds. The van der Waals surface area contributed by atoms with Crippen molar-refractivity contribution in [2.75, 3.05) is 5.75 Å². The molecule has 0 spiro atoms. The molecule has 7 heteroatoms. The maximum absolute atomic E-state index is 13.4. The van der Waals surface area contributed by atoms with Gasteiger partial charge in [-0.15, -0.1) is 11.8 Å². The summed E-state index contributed by atoms with van der Waals surface area (Å²) in [5, 5.41) is 3.97. The SMILES string of the molecule is CC[C@H](C(=O)NC(C)(C)C)N(Cc1c(Cl)cccc1Cl)C(=O)CSCc1ccccc1C. The van der Waals surface area contributed by atoms with Crippen LogP contribution in [0.4, 0.5) is 0 Å². The quantitative estimate of drug-likeness (QED) is 0.447. The summed E-state index contributed by atoms with van der Waals surface area (Å²) >= 11 is 14.3. The van der Waals surface area contributed by atoms with E-state index in [-0.39, 0.29) is 24.1 Å². The number of aryl methyl sites for hydroxylation is 1. The van der Waals surface area contributed by atoms with Crippen molar-refractivity contribution in [3.8, 4) is 0 Å². The van der Waals surface area contributed by atoms with Crippen molar-refractivity contribution in [1.82, 2.24) is 10.2 Å². The lowest BCUT2D eigenvalue weighted by Crippen LogP contribution is -2.53. The zero-order valence-electron chi connectivity index (χ0n) is 19.4. The molecule has 0 aliphatic carbocycles. The summed E-state index contributed by atoms with van der Waals surface area (Å²) in [4.78, 5) is 28.0. The van der Waals surface area contributed by atoms with Gasteiger partial charge in [-0.3, -0.25) is 9.59 Å². The second-order valence-electron chi connectivity index (χ2n) is 8.80. The van der Waals surface area contributed by atoms with Crippen LogP contribution >= 0.6 is 35.0 Å². The van der Waals surface area contributed by atoms with E-state index in [0.29, 0.717) is 22.0 Å². The van der Waals surface area contributed by atoms with Gasteiger partial charge in [0, 0.05) is 33.4 Å². The Morgan fingerprint density at radius 3 is 2.25 bits per heavy atom. The smallest absolute Gasteiger partial charge is 0.243 e. The molecule has 0 unspecified atom stereocenters. The van der Waals surface area contributed by atoms with Gasteiger partial charge >= 0.3 is 0 Å². The van der Waals surface area contributed by atoms with Crippen molar-refractivity contribution in [3.63, 3.8) is 0 Å². The highest BCUT2D eigenvalue weighted by Gasteiger charge is 2.31. The van der Waals surface area contributed by atoms with E-state index in [0.717, 1.165) is 5.75 Å². The van der Waals surface area contributed by atoms with Gasteiger partial charge in [0.05, 0.1) is 5.75 Å². The van der Waals surface area contributed by atoms with Gasteiger partial charge in [-0.05, 0) is 57.4 Å². The first-order valence-corrected chi connectivity index (χ1v) is 12.6. The van der Waals surface area contributed by atoms with Crippen molar-refractivity contribution in [1.29, 1.82) is 0 Å². The zero-order chi connectivity index (χ0) is 23.9. The summed E-state index contributed by atoms with van der Waals surface area (Å²) in [6.45, 7) is 9.92. The number of rotatable bonds is 9. The molecule has 0 radical (unpaired) electrons. The minimum atomic E-state index is -0.617. The third kappa shape index (κ3) is 7.72. The van der Waals surface area contributed by atoms with Crippen LogP contribution in [0.5, 0.6) is 0 Å². The highest BCUT2D eigenvalue weighted by molar-refractivity contribution is 7.99. The van der Waals surface area contributed by atoms with Crippen molar-refractivity contribution < 1.29 is 9.59 Å². The number of benzene rings is 2. The van der Waals surface area contributed by atoms with Crippen LogP contribution in [0.15, 0.2) is 42.5 Å². The molecule has 1 N–H and O–H groups in total. The molecule has 32 heavy (non-hydrogen) atoms. The van der Waals surface area contributed by atoms with Gasteiger partial charge in [-0.1, -0.05) is 60.5 Å². The number of thioether (sulfide) groups is 1. The van der Waals surface area contributed by atoms with Gasteiger partial charge in [0.1, 0.15) is 6.04 Å². The third-order valence-corrected chi connectivity index (χ3v) is 6.69. The highest BCUT2D eigenvalue weighted by atomic mass is 35.5. The van der Waals surface area contributed by atoms with Crippen LogP contribution in [0.2, 0.25) is 10.0 Å². The first-order valence-electron chi connectivity index (χ1n) is 10.7. The Hall–Kier alpha value is -1.69. The van der Waals surface area contributed by atoms with Gasteiger partial charge in [-0.25, -0.2) is 0 Å². The monoisotopic (exact) mass is 494 g/mol. The molecule has 0 aliphatic rings. The zero-order valence-corrected chi connectivity index (χ0v) is 21.7. The molecule has 0 saturated carbocycles. The molecule has 0 heterocycles. The van der Waals surface area contributed by atoms with E-state index in [9.17, 15) is 9.59 Å². The van der Waals surface area contributed by atoms with Crippen LogP contribution in [-0.4, -0.2) is 34.0 Å². The second-order valence-corrected chi connectivity index (χ2v) is 10.6. The fourth-order valence-corrected chi connectivity index (χ4v) is 4.83. The second kappa shape index (κ2) is 12.0. The predicted octanol–water partition coefficient (Wildman–Crippen LogP) is 6.26. The molecule has 2 aromatic carbocycles. The first-order chi connectivity index (χ1) is 15.0. The maximum Gasteiger partial charge on any atom is 0.243 e. The van der Waals surface area contributed by atoms with Crippen molar-refractivity contribution >= 4 is 46.8 Å². The van der Waals surface area contributed by atoms with Crippen LogP contribution in [0, 0.1) is 6.92 Å². The van der Waals surface area contributed by atoms with E-state index in [1.807, 2.05) is 39.8 Å². The van der Waals surface area contributed by atoms with Crippen molar-refractivity contribution in [2.24, 2.45) is 0 Å². The van der Waals surface area contributed by atoms with Gasteiger partial charge in [0.2, 0.25) is 11.8 Å². The molecule has 4 nitrogen and oxygen atoms in total. The lowest BCUT2D eigenvalue weighted by atomic mass is 10.1. The van der Waals surface area contributed by atoms with E-state index >= 15 is 0 Å². The third-order valence-electron chi connectivity index (χ3n) is 5.02. The maximum atomic E-state index is 13.4. The van der Waals surface area contributed by atoms with Crippen LogP contribution < -0.4 is 5.32 Å². The largest absolute Gasteiger partial charge is 0.350 e. The standard InChI is InChI=1S/C25H32Cl2N2O2S/c1-6-22(24(31)28-25(3,4)5)29(14-19-20(26)12-9-13-21(19)27)23(30)16-32-15-18-11-8-7-10-17(18)2/h7-13,22H,6,14-16H2,1-5H3,(H,28,31)/t22-/m1/s1. The lowest BCUT2D eigenvalue weighted by Gasteiger charge is -2.33. The molecule has 0 saturated heterocycles. The van der Waals surface area contributed by atoms with Gasteiger partial charge in [0.25, 0.3) is 0 Å². The number of halogens is 2. The van der Waals surface area contributed by atoms with Crippen molar-refractivity contribution in [3.05, 3.63) is 69.2 Å². The fourth-order valence-electron chi connectivity index (χ4n) is 3.33. The molecule has 0 aromatic heterocycles. The van der Waals surface area contributed by atoms with Gasteiger partial charge in [0.15, 0.2) is 0 Å². The minimum absolute atomic E-state index is 0.115. The summed E-state index contributed by atoms with van der Waals surface area (Å²) in [6, 6.07) is 12.8. The Bertz CT molecular complexity index is 924. The number of hydrogen-bond donors (Lipinski definition) is 1. The normalized spacial score (nSPS) is 12.3. The number of carbonyl (C=O) groups excluding carboxylic acids is 2. The van der Waals surface area contributed by atoms with Crippen LogP contribution in [0.3, 0.4) is 0 Å². The molecule has 0 bridgehead atoms. The van der Waals surface area contributed by atoms with E-state index in [1.165, 1.54) is 22.9 Å². The molecule has 2 aromatic rings. The summed E-state index contributed by atoms with van der Waals surface area (Å²) in [5.41, 5.74) is 2.64. The Kier molecular flexibility index (Phi) is 9.93. The van der Waals surface area contributed by atoms with Crippen LogP contribution in [0.25, 0.3) is 0 Å². The van der Waals surface area contributed by atoms with Crippen LogP contribution in [-0.2, 0) is 21.9 Å². The van der Waals surface area contributed by atoms with E-state index in [2.05, 4.69) is 24.4 Å². The highest BCUT2D eigenvalue weighted by Crippen LogP contribution is 2.28. The summed E-state index contributed by atoms with van der Waals surface area (Å²) in [7, 11) is 0. The number of nitrogens with zero attached hydrogens (tertiary/aromatic N) is 1. The predicted molar refractivity (Wildman–Crippen MR) is 136 cm³/mol. The topological polar surface area (TPSA) is 49.4 Å². The molecule has 2 rings (SSSR count). The molecule has 0 fully saturated rings. The molecule has 1 atom stereocenters. The summed E-state index contributed by atoms with van der Waals surface area (Å²) in [5.74, 6) is 0.690. The Morgan fingerprint density at radius 2 is 1.69 bits per heavy atom. The summed E-state index contributed by atoms with van der Waals surface area (Å²) in [6.07, 6.45) is 0.484. The van der Waals surface area contributed by atoms with Crippen molar-refractivity contribution in [2.45, 2.75) is 64.9 Å². The molecule has 174 valence electrons.